The minimum absolute atomic E-state index is 0.0442. The van der Waals surface area contributed by atoms with Gasteiger partial charge in [0.05, 0.1) is 5.69 Å². The van der Waals surface area contributed by atoms with Gasteiger partial charge in [0.25, 0.3) is 5.91 Å². The fraction of sp³-hybridized carbons (Fsp3) is 0.214. The van der Waals surface area contributed by atoms with Crippen LogP contribution in [0.25, 0.3) is 0 Å². The summed E-state index contributed by atoms with van der Waals surface area (Å²) in [4.78, 5) is 27.3. The van der Waals surface area contributed by atoms with Crippen LogP contribution in [0.3, 0.4) is 0 Å². The lowest BCUT2D eigenvalue weighted by atomic mass is 10.3. The molecular weight excluding hydrogens is 348 g/mol. The minimum Gasteiger partial charge on any atom is -0.354 e. The molecule has 0 spiro atoms. The van der Waals surface area contributed by atoms with Crippen LogP contribution >= 0.6 is 0 Å². The first-order chi connectivity index (χ1) is 12.9. The minimum atomic E-state index is -3.67. The largest absolute Gasteiger partial charge is 0.354 e. The van der Waals surface area contributed by atoms with Crippen molar-refractivity contribution in [3.8, 4) is 0 Å². The highest BCUT2D eigenvalue weighted by Crippen LogP contribution is 2.25. The number of rotatable bonds is 5. The first-order valence-corrected chi connectivity index (χ1v) is 8.66. The van der Waals surface area contributed by atoms with Gasteiger partial charge < -0.3 is 16.0 Å². The monoisotopic (exact) mass is 367 g/mol. The van der Waals surface area contributed by atoms with Crippen LogP contribution in [-0.4, -0.2) is 48.6 Å². The fourth-order valence-electron chi connectivity index (χ4n) is 1.87. The number of amides is 2. The zero-order valence-corrected chi connectivity index (χ0v) is 14.0. The van der Waals surface area contributed by atoms with E-state index in [1.165, 1.54) is 31.3 Å². The van der Waals surface area contributed by atoms with Crippen molar-refractivity contribution in [1.82, 2.24) is 20.5 Å². The van der Waals surface area contributed by atoms with Crippen LogP contribution in [0.2, 0.25) is 0 Å². The Labute approximate surface area is 148 Å². The number of carbonyl (C=O) groups is 2. The lowest BCUT2D eigenvalue weighted by Gasteiger charge is -2.13. The second-order valence-electron chi connectivity index (χ2n) is 4.87. The third-order valence-electron chi connectivity index (χ3n) is 2.85. The Kier molecular flexibility index (Phi) is 4.12. The van der Waals surface area contributed by atoms with Crippen molar-refractivity contribution in [2.24, 2.45) is 0 Å². The molecule has 132 valence electrons. The second-order valence-corrected chi connectivity index (χ2v) is 6.86. The van der Waals surface area contributed by atoms with E-state index in [0.29, 0.717) is 0 Å². The number of aromatic nitrogens is 3. The first-order valence-electron chi connectivity index (χ1n) is 8.27. The molecule has 0 aromatic carbocycles. The third kappa shape index (κ3) is 4.47. The van der Waals surface area contributed by atoms with Crippen molar-refractivity contribution in [2.75, 3.05) is 23.9 Å². The number of hydrogen-bond acceptors (Lipinski definition) is 8. The zero-order valence-electron chi connectivity index (χ0n) is 16.2. The fourth-order valence-corrected chi connectivity index (χ4v) is 2.65. The predicted octanol–water partition coefficient (Wildman–Crippen LogP) is 0.337. The van der Waals surface area contributed by atoms with Crippen molar-refractivity contribution in [1.29, 1.82) is 0 Å². The number of nitrogens with zero attached hydrogens (tertiary/aromatic N) is 3. The van der Waals surface area contributed by atoms with E-state index < -0.39 is 34.3 Å². The van der Waals surface area contributed by atoms with Crippen LogP contribution < -0.4 is 16.0 Å². The Morgan fingerprint density at radius 2 is 2.04 bits per heavy atom. The van der Waals surface area contributed by atoms with Gasteiger partial charge in [0, 0.05) is 36.5 Å². The van der Waals surface area contributed by atoms with Crippen LogP contribution in [0, 0.1) is 0 Å². The average molecular weight is 367 g/mol. The van der Waals surface area contributed by atoms with E-state index in [9.17, 15) is 18.0 Å². The maximum Gasteiger partial charge on any atom is 0.273 e. The summed E-state index contributed by atoms with van der Waals surface area (Å²) in [6, 6.07) is 3.91. The molecule has 3 N–H and O–H groups in total. The average Bonchev–Trinajstić information content (AvgIpc) is 2.52. The second kappa shape index (κ2) is 7.21. The molecule has 2 amide bonds. The topological polar surface area (TPSA) is 143 Å². The molecule has 0 bridgehead atoms. The number of carbonyl (C=O) groups excluding carboxylic acids is 2. The van der Waals surface area contributed by atoms with Crippen LogP contribution in [-0.2, 0) is 14.6 Å². The molecule has 10 nitrogen and oxygen atoms in total. The van der Waals surface area contributed by atoms with Gasteiger partial charge in [0.15, 0.2) is 21.3 Å². The molecule has 2 aromatic rings. The summed E-state index contributed by atoms with van der Waals surface area (Å²) in [6.45, 7) is -1.56. The van der Waals surface area contributed by atoms with Gasteiger partial charge >= 0.3 is 0 Å². The molecule has 25 heavy (non-hydrogen) atoms. The Hall–Kier alpha value is -3.08. The van der Waals surface area contributed by atoms with Crippen molar-refractivity contribution in [3.63, 3.8) is 0 Å². The normalized spacial score (nSPS) is 13.1. The highest BCUT2D eigenvalue weighted by atomic mass is 32.2. The SMILES string of the molecule is [2H]C([2H])([2H])NC(=O)c1nnc(NC(C)=O)cc1Nc1ncccc1S(C)(=O)=O. The summed E-state index contributed by atoms with van der Waals surface area (Å²) in [6.07, 6.45) is 2.30. The molecule has 0 radical (unpaired) electrons. The Morgan fingerprint density at radius 1 is 1.28 bits per heavy atom. The number of sulfone groups is 1. The number of anilines is 3. The van der Waals surface area contributed by atoms with Gasteiger partial charge in [-0.2, -0.15) is 0 Å². The number of pyridine rings is 1. The molecule has 2 heterocycles. The van der Waals surface area contributed by atoms with Gasteiger partial charge in [0.2, 0.25) is 5.91 Å². The maximum absolute atomic E-state index is 12.2. The molecule has 0 saturated carbocycles. The van der Waals surface area contributed by atoms with Crippen molar-refractivity contribution in [2.45, 2.75) is 11.8 Å². The van der Waals surface area contributed by atoms with Crippen molar-refractivity contribution >= 4 is 39.0 Å². The summed E-state index contributed by atoms with van der Waals surface area (Å²) in [7, 11) is -3.67. The summed E-state index contributed by atoms with van der Waals surface area (Å²) >= 11 is 0. The summed E-state index contributed by atoms with van der Waals surface area (Å²) in [5.74, 6) is -1.71. The molecule has 2 aromatic heterocycles. The molecule has 0 unspecified atom stereocenters. The molecule has 0 atom stereocenters. The molecule has 0 saturated heterocycles. The summed E-state index contributed by atoms with van der Waals surface area (Å²) < 4.78 is 45.3. The van der Waals surface area contributed by atoms with E-state index in [2.05, 4.69) is 25.8 Å². The number of nitrogens with one attached hydrogen (secondary N) is 3. The Bertz CT molecular complexity index is 1030. The maximum atomic E-state index is 12.2. The quantitative estimate of drug-likeness (QED) is 0.686. The molecular formula is C14H16N6O4S. The van der Waals surface area contributed by atoms with Crippen LogP contribution in [0.4, 0.5) is 17.3 Å². The third-order valence-corrected chi connectivity index (χ3v) is 3.98. The van der Waals surface area contributed by atoms with Crippen LogP contribution in [0.15, 0.2) is 29.3 Å². The zero-order chi connectivity index (χ0) is 21.1. The van der Waals surface area contributed by atoms with E-state index in [-0.39, 0.29) is 22.2 Å². The van der Waals surface area contributed by atoms with E-state index >= 15 is 0 Å². The molecule has 0 aliphatic rings. The lowest BCUT2D eigenvalue weighted by Crippen LogP contribution is -2.22. The van der Waals surface area contributed by atoms with E-state index in [1.54, 1.807) is 5.32 Å². The molecule has 0 aliphatic heterocycles. The molecule has 11 heteroatoms. The van der Waals surface area contributed by atoms with Crippen molar-refractivity contribution < 1.29 is 22.1 Å². The predicted molar refractivity (Wildman–Crippen MR) is 90.4 cm³/mol. The first kappa shape index (κ1) is 14.3. The van der Waals surface area contributed by atoms with Crippen LogP contribution in [0.1, 0.15) is 21.5 Å². The van der Waals surface area contributed by atoms with Crippen molar-refractivity contribution in [3.05, 3.63) is 30.1 Å². The van der Waals surface area contributed by atoms with E-state index in [0.717, 1.165) is 6.26 Å². The smallest absolute Gasteiger partial charge is 0.273 e. The van der Waals surface area contributed by atoms with Gasteiger partial charge in [-0.15, -0.1) is 10.2 Å². The standard InChI is InChI=1S/C14H16N6O4S/c1-8(21)17-11-7-9(12(20-19-11)14(22)15-2)18-13-10(25(3,23)24)5-4-6-16-13/h4-7H,1-3H3,(H,15,22)(H2,16,17,18,19,21)/i2D3. The Morgan fingerprint density at radius 3 is 2.68 bits per heavy atom. The van der Waals surface area contributed by atoms with Gasteiger partial charge in [-0.1, -0.05) is 0 Å². The van der Waals surface area contributed by atoms with Gasteiger partial charge in [0.1, 0.15) is 10.7 Å². The Balaban J connectivity index is 2.54. The van der Waals surface area contributed by atoms with E-state index in [4.69, 9.17) is 4.11 Å². The lowest BCUT2D eigenvalue weighted by molar-refractivity contribution is -0.114. The summed E-state index contributed by atoms with van der Waals surface area (Å²) in [5.41, 5.74) is -0.542. The van der Waals surface area contributed by atoms with Gasteiger partial charge in [-0.25, -0.2) is 13.4 Å². The molecule has 2 rings (SSSR count). The van der Waals surface area contributed by atoms with E-state index in [1.807, 2.05) is 0 Å². The summed E-state index contributed by atoms with van der Waals surface area (Å²) in [5, 5.41) is 14.0. The van der Waals surface area contributed by atoms with Crippen LogP contribution in [0.5, 0.6) is 0 Å². The van der Waals surface area contributed by atoms with Gasteiger partial charge in [-0.3, -0.25) is 9.59 Å². The molecule has 0 fully saturated rings. The highest BCUT2D eigenvalue weighted by molar-refractivity contribution is 7.90. The van der Waals surface area contributed by atoms with Gasteiger partial charge in [-0.05, 0) is 12.1 Å². The molecule has 0 aliphatic carbocycles. The number of hydrogen-bond donors (Lipinski definition) is 3. The highest BCUT2D eigenvalue weighted by Gasteiger charge is 2.19.